The van der Waals surface area contributed by atoms with E-state index >= 15 is 0 Å². The van der Waals surface area contributed by atoms with Crippen LogP contribution in [0.3, 0.4) is 0 Å². The van der Waals surface area contributed by atoms with E-state index in [2.05, 4.69) is 15.5 Å². The molecule has 0 bridgehead atoms. The van der Waals surface area contributed by atoms with Crippen molar-refractivity contribution >= 4 is 5.91 Å². The van der Waals surface area contributed by atoms with Gasteiger partial charge in [0.05, 0.1) is 0 Å². The minimum atomic E-state index is 0.136. The molecule has 2 N–H and O–H groups in total. The van der Waals surface area contributed by atoms with Crippen LogP contribution < -0.4 is 10.6 Å². The van der Waals surface area contributed by atoms with Crippen molar-refractivity contribution in [2.24, 2.45) is 0 Å². The van der Waals surface area contributed by atoms with Crippen LogP contribution in [0.25, 0.3) is 0 Å². The second kappa shape index (κ2) is 7.65. The number of nitrogens with one attached hydrogen (secondary N) is 2. The molecule has 0 atom stereocenters. The zero-order valence-corrected chi connectivity index (χ0v) is 9.72. The molecular weight excluding hydrogens is 190 g/mol. The van der Waals surface area contributed by atoms with Gasteiger partial charge < -0.3 is 15.5 Å². The number of rotatable bonds is 7. The van der Waals surface area contributed by atoms with Gasteiger partial charge in [-0.05, 0) is 38.9 Å². The lowest BCUT2D eigenvalue weighted by atomic mass is 10.3. The van der Waals surface area contributed by atoms with Crippen molar-refractivity contribution in [2.45, 2.75) is 25.7 Å². The average Bonchev–Trinajstić information content (AvgIpc) is 2.75. The van der Waals surface area contributed by atoms with Gasteiger partial charge >= 0.3 is 0 Å². The van der Waals surface area contributed by atoms with E-state index in [4.69, 9.17) is 0 Å². The molecule has 1 aliphatic rings. The molecule has 88 valence electrons. The van der Waals surface area contributed by atoms with Gasteiger partial charge in [-0.3, -0.25) is 4.79 Å². The minimum absolute atomic E-state index is 0.136. The number of hydrogen-bond acceptors (Lipinski definition) is 3. The molecule has 0 aromatic rings. The van der Waals surface area contributed by atoms with Crippen LogP contribution in [0.4, 0.5) is 0 Å². The van der Waals surface area contributed by atoms with Crippen molar-refractivity contribution < 1.29 is 4.79 Å². The second-order valence-corrected chi connectivity index (χ2v) is 4.08. The Morgan fingerprint density at radius 3 is 2.67 bits per heavy atom. The third kappa shape index (κ3) is 5.74. The van der Waals surface area contributed by atoms with Gasteiger partial charge in [-0.15, -0.1) is 0 Å². The number of likely N-dealkylation sites (tertiary alicyclic amines) is 1. The Hall–Kier alpha value is -0.610. The van der Waals surface area contributed by atoms with Crippen LogP contribution in [0.15, 0.2) is 0 Å². The first-order valence-electron chi connectivity index (χ1n) is 5.96. The van der Waals surface area contributed by atoms with Crippen LogP contribution in [0, 0.1) is 0 Å². The Morgan fingerprint density at radius 2 is 2.00 bits per heavy atom. The lowest BCUT2D eigenvalue weighted by molar-refractivity contribution is -0.120. The van der Waals surface area contributed by atoms with Gasteiger partial charge in [0.25, 0.3) is 0 Å². The predicted molar refractivity (Wildman–Crippen MR) is 61.8 cm³/mol. The van der Waals surface area contributed by atoms with Gasteiger partial charge in [0, 0.05) is 26.6 Å². The largest absolute Gasteiger partial charge is 0.359 e. The molecule has 4 heteroatoms. The third-order valence-corrected chi connectivity index (χ3v) is 2.84. The number of carbonyl (C=O) groups is 1. The van der Waals surface area contributed by atoms with Gasteiger partial charge in [-0.2, -0.15) is 0 Å². The SMILES string of the molecule is CNC(=O)CCCNCCN1CCCC1. The molecule has 0 spiro atoms. The fraction of sp³-hybridized carbons (Fsp3) is 0.909. The highest BCUT2D eigenvalue weighted by Gasteiger charge is 2.09. The summed E-state index contributed by atoms with van der Waals surface area (Å²) in [5.74, 6) is 0.136. The molecule has 0 aromatic heterocycles. The summed E-state index contributed by atoms with van der Waals surface area (Å²) in [5.41, 5.74) is 0. The standard InChI is InChI=1S/C11H23N3O/c1-12-11(15)5-4-6-13-7-10-14-8-2-3-9-14/h13H,2-10H2,1H3,(H,12,15). The molecule has 1 amide bonds. The second-order valence-electron chi connectivity index (χ2n) is 4.08. The number of amides is 1. The lowest BCUT2D eigenvalue weighted by Crippen LogP contribution is -2.30. The molecule has 1 saturated heterocycles. The average molecular weight is 213 g/mol. The summed E-state index contributed by atoms with van der Waals surface area (Å²) >= 11 is 0. The molecule has 0 aliphatic carbocycles. The topological polar surface area (TPSA) is 44.4 Å². The smallest absolute Gasteiger partial charge is 0.219 e. The number of nitrogens with zero attached hydrogens (tertiary/aromatic N) is 1. The molecule has 1 aliphatic heterocycles. The van der Waals surface area contributed by atoms with Gasteiger partial charge in [0.1, 0.15) is 0 Å². The normalized spacial score (nSPS) is 16.9. The molecule has 4 nitrogen and oxygen atoms in total. The van der Waals surface area contributed by atoms with E-state index in [1.54, 1.807) is 7.05 Å². The van der Waals surface area contributed by atoms with Crippen molar-refractivity contribution in [3.8, 4) is 0 Å². The van der Waals surface area contributed by atoms with Gasteiger partial charge in [-0.1, -0.05) is 0 Å². The first-order chi connectivity index (χ1) is 7.33. The van der Waals surface area contributed by atoms with E-state index in [1.807, 2.05) is 0 Å². The van der Waals surface area contributed by atoms with Crippen molar-refractivity contribution in [2.75, 3.05) is 39.8 Å². The summed E-state index contributed by atoms with van der Waals surface area (Å²) in [7, 11) is 1.68. The zero-order chi connectivity index (χ0) is 10.9. The summed E-state index contributed by atoms with van der Waals surface area (Å²) in [5, 5.41) is 6.00. The fourth-order valence-corrected chi connectivity index (χ4v) is 1.87. The molecule has 0 saturated carbocycles. The maximum atomic E-state index is 10.9. The van der Waals surface area contributed by atoms with Crippen LogP contribution in [0.1, 0.15) is 25.7 Å². The Kier molecular flexibility index (Phi) is 6.36. The van der Waals surface area contributed by atoms with E-state index < -0.39 is 0 Å². The third-order valence-electron chi connectivity index (χ3n) is 2.84. The van der Waals surface area contributed by atoms with Crippen LogP contribution >= 0.6 is 0 Å². The van der Waals surface area contributed by atoms with E-state index in [-0.39, 0.29) is 5.91 Å². The van der Waals surface area contributed by atoms with Gasteiger partial charge in [0.15, 0.2) is 0 Å². The van der Waals surface area contributed by atoms with Crippen molar-refractivity contribution in [1.29, 1.82) is 0 Å². The Morgan fingerprint density at radius 1 is 1.27 bits per heavy atom. The van der Waals surface area contributed by atoms with E-state index in [0.29, 0.717) is 6.42 Å². The first-order valence-corrected chi connectivity index (χ1v) is 5.96. The highest BCUT2D eigenvalue weighted by atomic mass is 16.1. The Bertz CT molecular complexity index is 179. The minimum Gasteiger partial charge on any atom is -0.359 e. The molecule has 0 aromatic carbocycles. The monoisotopic (exact) mass is 213 g/mol. The van der Waals surface area contributed by atoms with Crippen molar-refractivity contribution in [3.05, 3.63) is 0 Å². The highest BCUT2D eigenvalue weighted by Crippen LogP contribution is 2.05. The fourth-order valence-electron chi connectivity index (χ4n) is 1.87. The maximum Gasteiger partial charge on any atom is 0.219 e. The zero-order valence-electron chi connectivity index (χ0n) is 9.72. The number of carbonyl (C=O) groups excluding carboxylic acids is 1. The lowest BCUT2D eigenvalue weighted by Gasteiger charge is -2.14. The Balaban J connectivity index is 1.82. The first kappa shape index (κ1) is 12.5. The van der Waals surface area contributed by atoms with Crippen molar-refractivity contribution in [3.63, 3.8) is 0 Å². The van der Waals surface area contributed by atoms with Gasteiger partial charge in [0.2, 0.25) is 5.91 Å². The molecular formula is C11H23N3O. The molecule has 15 heavy (non-hydrogen) atoms. The quantitative estimate of drug-likeness (QED) is 0.594. The van der Waals surface area contributed by atoms with Crippen LogP contribution in [0.5, 0.6) is 0 Å². The van der Waals surface area contributed by atoms with E-state index in [9.17, 15) is 4.79 Å². The molecule has 1 heterocycles. The van der Waals surface area contributed by atoms with Crippen molar-refractivity contribution in [1.82, 2.24) is 15.5 Å². The number of hydrogen-bond donors (Lipinski definition) is 2. The van der Waals surface area contributed by atoms with Crippen LogP contribution in [0.2, 0.25) is 0 Å². The summed E-state index contributed by atoms with van der Waals surface area (Å²) < 4.78 is 0. The van der Waals surface area contributed by atoms with E-state index in [1.165, 1.54) is 25.9 Å². The Labute approximate surface area is 92.4 Å². The van der Waals surface area contributed by atoms with E-state index in [0.717, 1.165) is 26.1 Å². The highest BCUT2D eigenvalue weighted by molar-refractivity contribution is 5.75. The van der Waals surface area contributed by atoms with Gasteiger partial charge in [-0.25, -0.2) is 0 Å². The summed E-state index contributed by atoms with van der Waals surface area (Å²) in [6.07, 6.45) is 4.28. The summed E-state index contributed by atoms with van der Waals surface area (Å²) in [6, 6.07) is 0. The molecule has 1 rings (SSSR count). The maximum absolute atomic E-state index is 10.9. The summed E-state index contributed by atoms with van der Waals surface area (Å²) in [6.45, 7) is 5.68. The summed E-state index contributed by atoms with van der Waals surface area (Å²) in [4.78, 5) is 13.4. The predicted octanol–water partition coefficient (Wildman–Crippen LogP) is 0.198. The molecule has 1 fully saturated rings. The molecule has 0 radical (unpaired) electrons. The molecule has 0 unspecified atom stereocenters. The van der Waals surface area contributed by atoms with Crippen LogP contribution in [-0.4, -0.2) is 50.6 Å². The van der Waals surface area contributed by atoms with Crippen LogP contribution in [-0.2, 0) is 4.79 Å².